The van der Waals surface area contributed by atoms with Gasteiger partial charge in [0.2, 0.25) is 0 Å². The third-order valence-corrected chi connectivity index (χ3v) is 4.95. The van der Waals surface area contributed by atoms with Gasteiger partial charge in [-0.25, -0.2) is 0 Å². The predicted molar refractivity (Wildman–Crippen MR) is 87.1 cm³/mol. The first-order chi connectivity index (χ1) is 10.2. The molecule has 118 valence electrons. The van der Waals surface area contributed by atoms with Gasteiger partial charge in [0, 0.05) is 11.6 Å². The summed E-state index contributed by atoms with van der Waals surface area (Å²) in [6.45, 7) is 2.31. The molecule has 1 saturated carbocycles. The molecule has 1 aromatic rings. The van der Waals surface area contributed by atoms with Gasteiger partial charge >= 0.3 is 0 Å². The Kier molecular flexibility index (Phi) is 5.92. The van der Waals surface area contributed by atoms with Gasteiger partial charge in [0.1, 0.15) is 0 Å². The maximum Gasteiger partial charge on any atom is 0.165 e. The molecule has 3 nitrogen and oxygen atoms in total. The standard InChI is InChI=1S/C18H29NO2/c1-5-13-8-6-9-14(12-13)17(19-2)15-10-7-11-16(20-3)18(15)21-4/h7,10-11,13-14,17,19H,5-6,8-9,12H2,1-4H3. The highest BCUT2D eigenvalue weighted by molar-refractivity contribution is 5.48. The van der Waals surface area contributed by atoms with Gasteiger partial charge in [-0.1, -0.05) is 38.3 Å². The summed E-state index contributed by atoms with van der Waals surface area (Å²) in [6.07, 6.45) is 6.62. The topological polar surface area (TPSA) is 30.5 Å². The van der Waals surface area contributed by atoms with Crippen molar-refractivity contribution in [2.45, 2.75) is 45.1 Å². The van der Waals surface area contributed by atoms with Gasteiger partial charge in [-0.3, -0.25) is 0 Å². The molecule has 1 fully saturated rings. The van der Waals surface area contributed by atoms with E-state index in [0.29, 0.717) is 12.0 Å². The van der Waals surface area contributed by atoms with E-state index < -0.39 is 0 Å². The number of ether oxygens (including phenoxy) is 2. The molecule has 3 unspecified atom stereocenters. The summed E-state index contributed by atoms with van der Waals surface area (Å²) in [7, 11) is 5.48. The molecule has 21 heavy (non-hydrogen) atoms. The molecule has 1 N–H and O–H groups in total. The van der Waals surface area contributed by atoms with E-state index >= 15 is 0 Å². The van der Waals surface area contributed by atoms with Crippen molar-refractivity contribution in [1.29, 1.82) is 0 Å². The Bertz CT molecular complexity index is 447. The molecule has 0 spiro atoms. The van der Waals surface area contributed by atoms with Gasteiger partial charge in [-0.15, -0.1) is 0 Å². The lowest BCUT2D eigenvalue weighted by atomic mass is 9.75. The first kappa shape index (κ1) is 16.2. The van der Waals surface area contributed by atoms with Crippen LogP contribution >= 0.6 is 0 Å². The lowest BCUT2D eigenvalue weighted by Gasteiger charge is -2.35. The van der Waals surface area contributed by atoms with Crippen molar-refractivity contribution in [1.82, 2.24) is 5.32 Å². The molecular formula is C18H29NO2. The third kappa shape index (κ3) is 3.52. The molecule has 2 rings (SSSR count). The number of para-hydroxylation sites is 1. The zero-order valence-electron chi connectivity index (χ0n) is 13.8. The lowest BCUT2D eigenvalue weighted by Crippen LogP contribution is -2.29. The lowest BCUT2D eigenvalue weighted by molar-refractivity contribution is 0.211. The second-order valence-corrected chi connectivity index (χ2v) is 6.05. The van der Waals surface area contributed by atoms with E-state index in [1.165, 1.54) is 37.7 Å². The number of nitrogens with one attached hydrogen (secondary N) is 1. The molecular weight excluding hydrogens is 262 g/mol. The first-order valence-electron chi connectivity index (χ1n) is 8.13. The fourth-order valence-electron chi connectivity index (χ4n) is 3.81. The fraction of sp³-hybridized carbons (Fsp3) is 0.667. The van der Waals surface area contributed by atoms with Crippen molar-refractivity contribution in [2.75, 3.05) is 21.3 Å². The van der Waals surface area contributed by atoms with Crippen LogP contribution in [0.5, 0.6) is 11.5 Å². The van der Waals surface area contributed by atoms with Crippen molar-refractivity contribution < 1.29 is 9.47 Å². The molecule has 0 radical (unpaired) electrons. The predicted octanol–water partition coefficient (Wildman–Crippen LogP) is 4.18. The van der Waals surface area contributed by atoms with Crippen LogP contribution in [0.1, 0.15) is 50.6 Å². The molecule has 1 aliphatic rings. The smallest absolute Gasteiger partial charge is 0.165 e. The summed E-state index contributed by atoms with van der Waals surface area (Å²) < 4.78 is 11.1. The number of methoxy groups -OCH3 is 2. The van der Waals surface area contributed by atoms with E-state index in [1.54, 1.807) is 14.2 Å². The Hall–Kier alpha value is -1.22. The highest BCUT2D eigenvalue weighted by atomic mass is 16.5. The fourth-order valence-corrected chi connectivity index (χ4v) is 3.81. The summed E-state index contributed by atoms with van der Waals surface area (Å²) in [5.41, 5.74) is 1.22. The average molecular weight is 291 g/mol. The Labute approximate surface area is 129 Å². The molecule has 3 heteroatoms. The van der Waals surface area contributed by atoms with Gasteiger partial charge in [0.05, 0.1) is 14.2 Å². The number of hydrogen-bond donors (Lipinski definition) is 1. The molecule has 3 atom stereocenters. The Morgan fingerprint density at radius 2 is 2.05 bits per heavy atom. The maximum absolute atomic E-state index is 5.63. The largest absolute Gasteiger partial charge is 0.493 e. The first-order valence-corrected chi connectivity index (χ1v) is 8.13. The molecule has 1 aliphatic carbocycles. The number of rotatable bonds is 6. The van der Waals surface area contributed by atoms with Crippen LogP contribution in [0.4, 0.5) is 0 Å². The van der Waals surface area contributed by atoms with Crippen molar-refractivity contribution in [2.24, 2.45) is 11.8 Å². The highest BCUT2D eigenvalue weighted by Crippen LogP contribution is 2.43. The minimum atomic E-state index is 0.337. The minimum absolute atomic E-state index is 0.337. The van der Waals surface area contributed by atoms with Gasteiger partial charge in [0.25, 0.3) is 0 Å². The average Bonchev–Trinajstić information content (AvgIpc) is 2.55. The second kappa shape index (κ2) is 7.69. The van der Waals surface area contributed by atoms with Crippen LogP contribution in [-0.2, 0) is 0 Å². The van der Waals surface area contributed by atoms with Crippen molar-refractivity contribution in [3.63, 3.8) is 0 Å². The summed E-state index contributed by atoms with van der Waals surface area (Å²) in [4.78, 5) is 0. The molecule has 0 amide bonds. The summed E-state index contributed by atoms with van der Waals surface area (Å²) in [5.74, 6) is 3.24. The summed E-state index contributed by atoms with van der Waals surface area (Å²) in [6, 6.07) is 6.52. The number of benzene rings is 1. The summed E-state index contributed by atoms with van der Waals surface area (Å²) in [5, 5.41) is 3.52. The van der Waals surface area contributed by atoms with Crippen molar-refractivity contribution in [3.05, 3.63) is 23.8 Å². The quantitative estimate of drug-likeness (QED) is 0.853. The van der Waals surface area contributed by atoms with E-state index in [4.69, 9.17) is 9.47 Å². The number of hydrogen-bond acceptors (Lipinski definition) is 3. The maximum atomic E-state index is 5.63. The van der Waals surface area contributed by atoms with Crippen molar-refractivity contribution in [3.8, 4) is 11.5 Å². The monoisotopic (exact) mass is 291 g/mol. The van der Waals surface area contributed by atoms with Crippen molar-refractivity contribution >= 4 is 0 Å². The van der Waals surface area contributed by atoms with E-state index in [0.717, 1.165) is 17.4 Å². The van der Waals surface area contributed by atoms with Crippen LogP contribution in [0.2, 0.25) is 0 Å². The molecule has 0 saturated heterocycles. The zero-order chi connectivity index (χ0) is 15.2. The van der Waals surface area contributed by atoms with Gasteiger partial charge in [0.15, 0.2) is 11.5 Å². The third-order valence-electron chi connectivity index (χ3n) is 4.95. The second-order valence-electron chi connectivity index (χ2n) is 6.05. The Morgan fingerprint density at radius 1 is 1.24 bits per heavy atom. The van der Waals surface area contributed by atoms with Gasteiger partial charge in [-0.2, -0.15) is 0 Å². The molecule has 0 aromatic heterocycles. The molecule has 0 aliphatic heterocycles. The highest BCUT2D eigenvalue weighted by Gasteiger charge is 2.30. The van der Waals surface area contributed by atoms with Gasteiger partial charge < -0.3 is 14.8 Å². The molecule has 1 aromatic carbocycles. The van der Waals surface area contributed by atoms with E-state index in [-0.39, 0.29) is 0 Å². The van der Waals surface area contributed by atoms with Gasteiger partial charge in [-0.05, 0) is 37.8 Å². The minimum Gasteiger partial charge on any atom is -0.493 e. The van der Waals surface area contributed by atoms with E-state index in [1.807, 2.05) is 6.07 Å². The molecule has 0 heterocycles. The van der Waals surface area contributed by atoms with Crippen LogP contribution in [0.3, 0.4) is 0 Å². The normalized spacial score (nSPS) is 23.6. The Balaban J connectivity index is 2.28. The van der Waals surface area contributed by atoms with Crippen LogP contribution in [-0.4, -0.2) is 21.3 Å². The van der Waals surface area contributed by atoms with Crippen LogP contribution in [0.15, 0.2) is 18.2 Å². The van der Waals surface area contributed by atoms with E-state index in [9.17, 15) is 0 Å². The van der Waals surface area contributed by atoms with Crippen LogP contribution in [0.25, 0.3) is 0 Å². The van der Waals surface area contributed by atoms with E-state index in [2.05, 4.69) is 31.4 Å². The molecule has 0 bridgehead atoms. The summed E-state index contributed by atoms with van der Waals surface area (Å²) >= 11 is 0. The SMILES string of the molecule is CCC1CCCC(C(NC)c2cccc(OC)c2OC)C1. The zero-order valence-corrected chi connectivity index (χ0v) is 13.8. The Morgan fingerprint density at radius 3 is 2.67 bits per heavy atom. The van der Waals surface area contributed by atoms with Crippen LogP contribution in [0, 0.1) is 11.8 Å². The van der Waals surface area contributed by atoms with Crippen LogP contribution < -0.4 is 14.8 Å².